The average Bonchev–Trinajstić information content (AvgIpc) is 3.36. The monoisotopic (exact) mass is 945 g/mol. The zero-order chi connectivity index (χ0) is 49.0. The molecule has 1 fully saturated rings. The Hall–Kier alpha value is -7.37. The second-order valence-corrected chi connectivity index (χ2v) is 17.9. The number of halogens is 1. The van der Waals surface area contributed by atoms with E-state index in [1.165, 1.54) is 14.9 Å². The van der Waals surface area contributed by atoms with Crippen LogP contribution in [-0.2, 0) is 32.0 Å². The molecular weight excluding hydrogens is 886 g/mol. The fourth-order valence-electron chi connectivity index (χ4n) is 7.75. The van der Waals surface area contributed by atoms with Gasteiger partial charge in [0.25, 0.3) is 0 Å². The minimum atomic E-state index is -1.01. The van der Waals surface area contributed by atoms with Crippen LogP contribution in [0.2, 0.25) is 0 Å². The van der Waals surface area contributed by atoms with E-state index in [1.807, 2.05) is 203 Å². The number of carbonyl (C=O) groups excluding carboxylic acids is 3. The summed E-state index contributed by atoms with van der Waals surface area (Å²) in [4.78, 5) is 53.7. The van der Waals surface area contributed by atoms with Crippen LogP contribution in [0.1, 0.15) is 73.4 Å². The Labute approximate surface area is 410 Å². The summed E-state index contributed by atoms with van der Waals surface area (Å²) in [5.74, 6) is -1.90. The molecule has 1 N–H and O–H groups in total. The molecule has 12 heteroatoms. The number of alkyl halides is 1. The van der Waals surface area contributed by atoms with Crippen LogP contribution < -0.4 is 0 Å². The molecule has 6 aromatic carbocycles. The van der Waals surface area contributed by atoms with Gasteiger partial charge < -0.3 is 14.7 Å². The van der Waals surface area contributed by atoms with Crippen LogP contribution in [0, 0.1) is 5.92 Å². The van der Waals surface area contributed by atoms with Gasteiger partial charge in [-0.25, -0.2) is 19.6 Å². The molecule has 356 valence electrons. The van der Waals surface area contributed by atoms with Gasteiger partial charge >= 0.3 is 18.0 Å². The molecule has 2 atom stereocenters. The second kappa shape index (κ2) is 25.7. The number of amides is 3. The van der Waals surface area contributed by atoms with E-state index in [-0.39, 0.29) is 24.8 Å². The van der Waals surface area contributed by atoms with Gasteiger partial charge in [-0.2, -0.15) is 10.2 Å². The average molecular weight is 947 g/mol. The van der Waals surface area contributed by atoms with Gasteiger partial charge in [-0.05, 0) is 51.2 Å². The standard InChI is InChI=1S/C31H35ClN2O3.C26H25N3O3/c1-31(2,3)37-30(36)27(22-24-14-7-4-8-15-24)23-28(35)34(21-13-20-32)33-29(25-16-9-5-10-17-25)26-18-11-6-12-19-26;30-25(31)23(19-20-11-4-1-5-12-20)28-17-10-18-29(26(28)32)27-24(21-13-6-2-7-14-21)22-15-8-3-9-16-22/h4-12,14-19,27H,13,20-23H2,1-3H3;1-9,11-16,23H,10,17-19H2,(H,30,31)/t27-;23-/m01/s1. The molecular formula is C57H60ClN5O6. The maximum Gasteiger partial charge on any atom is 0.341 e. The first kappa shape index (κ1) is 51.0. The number of rotatable bonds is 18. The van der Waals surface area contributed by atoms with Gasteiger partial charge in [0, 0.05) is 60.6 Å². The maximum atomic E-state index is 13.7. The Morgan fingerprint density at radius 3 is 1.52 bits per heavy atom. The zero-order valence-corrected chi connectivity index (χ0v) is 40.2. The van der Waals surface area contributed by atoms with E-state index in [2.05, 4.69) is 0 Å². The summed E-state index contributed by atoms with van der Waals surface area (Å²) in [7, 11) is 0. The van der Waals surface area contributed by atoms with Crippen LogP contribution in [0.15, 0.2) is 192 Å². The van der Waals surface area contributed by atoms with E-state index in [0.717, 1.165) is 33.4 Å². The Morgan fingerprint density at radius 2 is 1.09 bits per heavy atom. The predicted molar refractivity (Wildman–Crippen MR) is 273 cm³/mol. The summed E-state index contributed by atoms with van der Waals surface area (Å²) >= 11 is 6.00. The minimum absolute atomic E-state index is 0.0214. The lowest BCUT2D eigenvalue weighted by atomic mass is 9.95. The topological polar surface area (TPSA) is 132 Å². The van der Waals surface area contributed by atoms with Crippen LogP contribution in [0.4, 0.5) is 4.79 Å². The Morgan fingerprint density at radius 1 is 0.652 bits per heavy atom. The van der Waals surface area contributed by atoms with Crippen LogP contribution in [0.25, 0.3) is 0 Å². The van der Waals surface area contributed by atoms with Crippen LogP contribution in [0.3, 0.4) is 0 Å². The number of ether oxygens (including phenoxy) is 1. The number of hydrazone groups is 2. The van der Waals surface area contributed by atoms with Crippen molar-refractivity contribution >= 4 is 46.9 Å². The van der Waals surface area contributed by atoms with Gasteiger partial charge in [0.2, 0.25) is 5.91 Å². The van der Waals surface area contributed by atoms with Crippen molar-refractivity contribution in [1.82, 2.24) is 14.9 Å². The second-order valence-electron chi connectivity index (χ2n) is 17.5. The number of benzene rings is 6. The van der Waals surface area contributed by atoms with Gasteiger partial charge in [-0.1, -0.05) is 182 Å². The number of esters is 1. The van der Waals surface area contributed by atoms with E-state index in [4.69, 9.17) is 26.5 Å². The van der Waals surface area contributed by atoms with E-state index < -0.39 is 29.5 Å². The summed E-state index contributed by atoms with van der Waals surface area (Å²) in [6.07, 6.45) is 1.85. The van der Waals surface area contributed by atoms with E-state index in [0.29, 0.717) is 56.2 Å². The third-order valence-electron chi connectivity index (χ3n) is 11.1. The molecule has 0 saturated carbocycles. The van der Waals surface area contributed by atoms with Crippen molar-refractivity contribution in [3.05, 3.63) is 215 Å². The highest BCUT2D eigenvalue weighted by atomic mass is 35.5. The van der Waals surface area contributed by atoms with Crippen molar-refractivity contribution in [3.8, 4) is 0 Å². The first-order chi connectivity index (χ1) is 33.4. The fraction of sp³-hybridized carbons (Fsp3) is 0.263. The predicted octanol–water partition coefficient (Wildman–Crippen LogP) is 10.7. The molecule has 0 aliphatic carbocycles. The first-order valence-corrected chi connectivity index (χ1v) is 23.8. The quantitative estimate of drug-likeness (QED) is 0.0395. The van der Waals surface area contributed by atoms with Gasteiger partial charge in [0.15, 0.2) is 0 Å². The van der Waals surface area contributed by atoms with E-state index in [9.17, 15) is 24.3 Å². The van der Waals surface area contributed by atoms with Crippen molar-refractivity contribution in [2.24, 2.45) is 16.1 Å². The number of aliphatic carboxylic acids is 1. The number of hydrogen-bond donors (Lipinski definition) is 1. The van der Waals surface area contributed by atoms with Crippen molar-refractivity contribution < 1.29 is 29.0 Å². The van der Waals surface area contributed by atoms with Crippen LogP contribution in [-0.4, -0.2) is 92.5 Å². The highest BCUT2D eigenvalue weighted by Crippen LogP contribution is 2.23. The van der Waals surface area contributed by atoms with Gasteiger partial charge in [-0.3, -0.25) is 9.59 Å². The van der Waals surface area contributed by atoms with Crippen molar-refractivity contribution in [2.75, 3.05) is 25.5 Å². The molecule has 0 radical (unpaired) electrons. The smallest absolute Gasteiger partial charge is 0.341 e. The lowest BCUT2D eigenvalue weighted by Crippen LogP contribution is -2.54. The molecule has 3 amide bonds. The first-order valence-electron chi connectivity index (χ1n) is 23.3. The third-order valence-corrected chi connectivity index (χ3v) is 11.3. The Bertz CT molecular complexity index is 2530. The molecule has 1 aliphatic heterocycles. The molecule has 0 bridgehead atoms. The lowest BCUT2D eigenvalue weighted by molar-refractivity contribution is -0.162. The number of nitrogens with zero attached hydrogens (tertiary/aromatic N) is 5. The number of hydrogen-bond acceptors (Lipinski definition) is 7. The fourth-order valence-corrected chi connectivity index (χ4v) is 7.87. The Kier molecular flexibility index (Phi) is 19.0. The summed E-state index contributed by atoms with van der Waals surface area (Å²) in [5.41, 5.74) is 6.12. The SMILES string of the molecule is CC(C)(C)OC(=O)[C@H](CC(=O)N(CCCCl)N=C(c1ccccc1)c1ccccc1)Cc1ccccc1.O=C(O)[C@@H](Cc1ccccc1)N1CCCN(N=C(c2ccccc2)c2ccccc2)C1=O. The normalized spacial score (nSPS) is 13.2. The molecule has 7 rings (SSSR count). The summed E-state index contributed by atoms with van der Waals surface area (Å²) in [5, 5.41) is 22.3. The van der Waals surface area contributed by atoms with Crippen LogP contribution in [0.5, 0.6) is 0 Å². The lowest BCUT2D eigenvalue weighted by Gasteiger charge is -2.36. The van der Waals surface area contributed by atoms with Crippen LogP contribution >= 0.6 is 11.6 Å². The number of urea groups is 1. The molecule has 0 spiro atoms. The molecule has 1 saturated heterocycles. The number of carboxylic acids is 1. The summed E-state index contributed by atoms with van der Waals surface area (Å²) in [6, 6.07) is 56.6. The molecule has 0 aromatic heterocycles. The largest absolute Gasteiger partial charge is 0.480 e. The van der Waals surface area contributed by atoms with Crippen molar-refractivity contribution in [3.63, 3.8) is 0 Å². The maximum absolute atomic E-state index is 13.7. The zero-order valence-electron chi connectivity index (χ0n) is 39.4. The summed E-state index contributed by atoms with van der Waals surface area (Å²) in [6.45, 7) is 6.66. The van der Waals surface area contributed by atoms with E-state index in [1.54, 1.807) is 0 Å². The van der Waals surface area contributed by atoms with Gasteiger partial charge in [-0.15, -0.1) is 11.6 Å². The molecule has 6 aromatic rings. The molecule has 0 unspecified atom stereocenters. The summed E-state index contributed by atoms with van der Waals surface area (Å²) < 4.78 is 5.69. The van der Waals surface area contributed by atoms with Gasteiger partial charge in [0.1, 0.15) is 11.6 Å². The highest BCUT2D eigenvalue weighted by molar-refractivity contribution is 6.18. The Balaban J connectivity index is 0.000000229. The van der Waals surface area contributed by atoms with Crippen molar-refractivity contribution in [2.45, 2.75) is 64.5 Å². The highest BCUT2D eigenvalue weighted by Gasteiger charge is 2.36. The molecule has 1 heterocycles. The minimum Gasteiger partial charge on any atom is -0.480 e. The third kappa shape index (κ3) is 15.6. The molecule has 11 nitrogen and oxygen atoms in total. The van der Waals surface area contributed by atoms with Gasteiger partial charge in [0.05, 0.1) is 17.3 Å². The number of carboxylic acid groups (broad SMARTS) is 1. The number of carbonyl (C=O) groups is 4. The molecule has 1 aliphatic rings. The molecule has 69 heavy (non-hydrogen) atoms. The van der Waals surface area contributed by atoms with Crippen molar-refractivity contribution in [1.29, 1.82) is 0 Å². The van der Waals surface area contributed by atoms with E-state index >= 15 is 0 Å².